The van der Waals surface area contributed by atoms with E-state index in [1.807, 2.05) is 17.0 Å². The van der Waals surface area contributed by atoms with Crippen molar-refractivity contribution in [2.75, 3.05) is 36.8 Å². The van der Waals surface area contributed by atoms with Gasteiger partial charge in [-0.05, 0) is 30.7 Å². The van der Waals surface area contributed by atoms with Crippen LogP contribution in [0.2, 0.25) is 0 Å². The van der Waals surface area contributed by atoms with Crippen molar-refractivity contribution < 1.29 is 4.79 Å². The molecule has 3 aromatic rings. The number of fused-ring (bicyclic) bond motifs is 1. The first-order valence-corrected chi connectivity index (χ1v) is 9.56. The number of nitrogens with one attached hydrogen (secondary N) is 1. The number of nitrogens with zero attached hydrogens (tertiary/aromatic N) is 5. The molecule has 0 bridgehead atoms. The number of amides is 1. The van der Waals surface area contributed by atoms with Crippen LogP contribution in [0.5, 0.6) is 0 Å². The smallest absolute Gasteiger partial charge is 0.233 e. The second-order valence-corrected chi connectivity index (χ2v) is 7.23. The molecule has 1 N–H and O–H groups in total. The monoisotopic (exact) mass is 368 g/mol. The van der Waals surface area contributed by atoms with E-state index in [2.05, 4.69) is 37.8 Å². The van der Waals surface area contributed by atoms with Gasteiger partial charge in [0.15, 0.2) is 5.16 Å². The van der Waals surface area contributed by atoms with Crippen LogP contribution in [0.25, 0.3) is 11.0 Å². The summed E-state index contributed by atoms with van der Waals surface area (Å²) in [5.41, 5.74) is 3.13. The molecule has 1 amide bonds. The number of piperazine rings is 1. The summed E-state index contributed by atoms with van der Waals surface area (Å²) in [6.07, 6.45) is 3.48. The minimum absolute atomic E-state index is 0.139. The zero-order valence-electron chi connectivity index (χ0n) is 14.6. The molecule has 3 heterocycles. The van der Waals surface area contributed by atoms with Crippen LogP contribution in [0.3, 0.4) is 0 Å². The third-order valence-electron chi connectivity index (χ3n) is 4.42. The second kappa shape index (κ2) is 7.33. The van der Waals surface area contributed by atoms with Crippen LogP contribution in [-0.4, -0.2) is 62.7 Å². The number of aromatic amines is 1. The van der Waals surface area contributed by atoms with Crippen LogP contribution < -0.4 is 4.90 Å². The van der Waals surface area contributed by atoms with Gasteiger partial charge in [0.2, 0.25) is 11.9 Å². The van der Waals surface area contributed by atoms with Gasteiger partial charge in [-0.15, -0.1) is 0 Å². The van der Waals surface area contributed by atoms with Crippen molar-refractivity contribution in [3.63, 3.8) is 0 Å². The van der Waals surface area contributed by atoms with Crippen molar-refractivity contribution in [2.24, 2.45) is 0 Å². The highest BCUT2D eigenvalue weighted by Crippen LogP contribution is 2.21. The molecule has 7 nitrogen and oxygen atoms in total. The zero-order chi connectivity index (χ0) is 17.9. The van der Waals surface area contributed by atoms with Gasteiger partial charge >= 0.3 is 0 Å². The van der Waals surface area contributed by atoms with E-state index in [1.54, 1.807) is 18.5 Å². The van der Waals surface area contributed by atoms with Crippen LogP contribution in [0.4, 0.5) is 5.95 Å². The van der Waals surface area contributed by atoms with Crippen molar-refractivity contribution in [2.45, 2.75) is 12.1 Å². The Balaban J connectivity index is 1.31. The highest BCUT2D eigenvalue weighted by molar-refractivity contribution is 7.99. The van der Waals surface area contributed by atoms with Gasteiger partial charge in [-0.3, -0.25) is 4.79 Å². The summed E-state index contributed by atoms with van der Waals surface area (Å²) in [6, 6.07) is 7.91. The molecule has 134 valence electrons. The maximum Gasteiger partial charge on any atom is 0.233 e. The predicted octanol–water partition coefficient (Wildman–Crippen LogP) is 2.10. The van der Waals surface area contributed by atoms with E-state index < -0.39 is 0 Å². The number of anilines is 1. The van der Waals surface area contributed by atoms with Gasteiger partial charge in [0.25, 0.3) is 0 Å². The van der Waals surface area contributed by atoms with Gasteiger partial charge < -0.3 is 14.8 Å². The summed E-state index contributed by atoms with van der Waals surface area (Å²) in [6.45, 7) is 4.94. The lowest BCUT2D eigenvalue weighted by atomic mass is 10.2. The van der Waals surface area contributed by atoms with Gasteiger partial charge in [-0.25, -0.2) is 15.0 Å². The molecule has 0 unspecified atom stereocenters. The van der Waals surface area contributed by atoms with Crippen LogP contribution in [0.1, 0.15) is 5.56 Å². The molecule has 26 heavy (non-hydrogen) atoms. The normalized spacial score (nSPS) is 14.8. The predicted molar refractivity (Wildman–Crippen MR) is 102 cm³/mol. The number of carbonyl (C=O) groups excluding carboxylic acids is 1. The van der Waals surface area contributed by atoms with Crippen molar-refractivity contribution in [3.05, 3.63) is 42.2 Å². The molecule has 1 aliphatic rings. The van der Waals surface area contributed by atoms with Crippen LogP contribution in [-0.2, 0) is 4.79 Å². The molecule has 0 aliphatic carbocycles. The summed E-state index contributed by atoms with van der Waals surface area (Å²) < 4.78 is 0. The highest BCUT2D eigenvalue weighted by Gasteiger charge is 2.22. The summed E-state index contributed by atoms with van der Waals surface area (Å²) in [7, 11) is 0. The van der Waals surface area contributed by atoms with E-state index in [9.17, 15) is 4.79 Å². The standard InChI is InChI=1S/C18H20N6OS/c1-13-3-4-14-15(11-13)22-18(21-14)26-12-16(25)23-7-9-24(10-8-23)17-19-5-2-6-20-17/h2-6,11H,7-10,12H2,1H3,(H,21,22). The Kier molecular flexibility index (Phi) is 4.75. The summed E-state index contributed by atoms with van der Waals surface area (Å²) >= 11 is 1.45. The first-order valence-electron chi connectivity index (χ1n) is 8.58. The van der Waals surface area contributed by atoms with Gasteiger partial charge in [0, 0.05) is 38.6 Å². The topological polar surface area (TPSA) is 78.0 Å². The molecule has 8 heteroatoms. The SMILES string of the molecule is Cc1ccc2nc(SCC(=O)N3CCN(c4ncccn4)CC3)[nH]c2c1. The Bertz CT molecular complexity index is 904. The van der Waals surface area contributed by atoms with Crippen molar-refractivity contribution in [3.8, 4) is 0 Å². The van der Waals surface area contributed by atoms with E-state index >= 15 is 0 Å². The third kappa shape index (κ3) is 3.65. The maximum atomic E-state index is 12.5. The first kappa shape index (κ1) is 16.8. The number of imidazole rings is 1. The highest BCUT2D eigenvalue weighted by atomic mass is 32.2. The minimum Gasteiger partial charge on any atom is -0.338 e. The third-order valence-corrected chi connectivity index (χ3v) is 5.27. The van der Waals surface area contributed by atoms with Gasteiger partial charge in [-0.1, -0.05) is 17.8 Å². The molecule has 0 radical (unpaired) electrons. The fraction of sp³-hybridized carbons (Fsp3) is 0.333. The van der Waals surface area contributed by atoms with E-state index in [0.717, 1.165) is 35.2 Å². The van der Waals surface area contributed by atoms with E-state index in [0.29, 0.717) is 18.8 Å². The van der Waals surface area contributed by atoms with Crippen LogP contribution in [0.15, 0.2) is 41.8 Å². The number of hydrogen-bond donors (Lipinski definition) is 1. The number of hydrogen-bond acceptors (Lipinski definition) is 6. The lowest BCUT2D eigenvalue weighted by molar-refractivity contribution is -0.128. The number of benzene rings is 1. The average molecular weight is 368 g/mol. The van der Waals surface area contributed by atoms with E-state index in [1.165, 1.54) is 17.3 Å². The fourth-order valence-corrected chi connectivity index (χ4v) is 3.79. The molecular formula is C18H20N6OS. The van der Waals surface area contributed by atoms with Gasteiger partial charge in [0.1, 0.15) is 0 Å². The molecular weight excluding hydrogens is 348 g/mol. The maximum absolute atomic E-state index is 12.5. The van der Waals surface area contributed by atoms with E-state index in [4.69, 9.17) is 0 Å². The van der Waals surface area contributed by atoms with Gasteiger partial charge in [-0.2, -0.15) is 0 Å². The Morgan fingerprint density at radius 3 is 2.73 bits per heavy atom. The number of aryl methyl sites for hydroxylation is 1. The fourth-order valence-electron chi connectivity index (χ4n) is 3.00. The molecule has 1 aliphatic heterocycles. The molecule has 1 fully saturated rings. The van der Waals surface area contributed by atoms with Crippen molar-refractivity contribution in [1.29, 1.82) is 0 Å². The number of aromatic nitrogens is 4. The summed E-state index contributed by atoms with van der Waals surface area (Å²) in [5.74, 6) is 1.26. The van der Waals surface area contributed by atoms with Crippen molar-refractivity contribution >= 4 is 34.7 Å². The molecule has 1 aromatic carbocycles. The lowest BCUT2D eigenvalue weighted by Crippen LogP contribution is -2.49. The minimum atomic E-state index is 0.139. The lowest BCUT2D eigenvalue weighted by Gasteiger charge is -2.34. The Morgan fingerprint density at radius 1 is 1.19 bits per heavy atom. The molecule has 0 spiro atoms. The zero-order valence-corrected chi connectivity index (χ0v) is 15.4. The number of carbonyl (C=O) groups is 1. The number of thioether (sulfide) groups is 1. The van der Waals surface area contributed by atoms with Crippen LogP contribution >= 0.6 is 11.8 Å². The summed E-state index contributed by atoms with van der Waals surface area (Å²) in [5, 5.41) is 0.787. The van der Waals surface area contributed by atoms with E-state index in [-0.39, 0.29) is 5.91 Å². The largest absolute Gasteiger partial charge is 0.338 e. The number of H-pyrrole nitrogens is 1. The molecule has 2 aromatic heterocycles. The Labute approximate surface area is 155 Å². The van der Waals surface area contributed by atoms with Gasteiger partial charge in [0.05, 0.1) is 16.8 Å². The second-order valence-electron chi connectivity index (χ2n) is 6.27. The molecule has 1 saturated heterocycles. The Hall–Kier alpha value is -2.61. The molecule has 0 saturated carbocycles. The molecule has 4 rings (SSSR count). The summed E-state index contributed by atoms with van der Waals surface area (Å²) in [4.78, 5) is 32.9. The first-order chi connectivity index (χ1) is 12.7. The van der Waals surface area contributed by atoms with Crippen LogP contribution in [0, 0.1) is 6.92 Å². The van der Waals surface area contributed by atoms with Crippen molar-refractivity contribution in [1.82, 2.24) is 24.8 Å². The number of rotatable bonds is 4. The quantitative estimate of drug-likeness (QED) is 0.711. The Morgan fingerprint density at radius 2 is 1.96 bits per heavy atom. The average Bonchev–Trinajstić information content (AvgIpc) is 3.09. The molecule has 0 atom stereocenters.